The quantitative estimate of drug-likeness (QED) is 0.100. The number of rotatable bonds is 11. The van der Waals surface area contributed by atoms with Gasteiger partial charge in [-0.15, -0.1) is 0 Å². The van der Waals surface area contributed by atoms with Crippen LogP contribution in [0.25, 0.3) is 44.2 Å². The van der Waals surface area contributed by atoms with Gasteiger partial charge in [-0.2, -0.15) is 0 Å². The summed E-state index contributed by atoms with van der Waals surface area (Å²) < 4.78 is 21.7. The summed E-state index contributed by atoms with van der Waals surface area (Å²) in [6.07, 6.45) is 2.64. The van der Waals surface area contributed by atoms with Crippen LogP contribution in [0, 0.1) is 11.8 Å². The minimum absolute atomic E-state index is 0.0342. The molecule has 2 saturated heterocycles. The van der Waals surface area contributed by atoms with Gasteiger partial charge in [0.1, 0.15) is 36.1 Å². The predicted molar refractivity (Wildman–Crippen MR) is 243 cm³/mol. The number of aromatic nitrogens is 4. The first-order valence-corrected chi connectivity index (χ1v) is 22.1. The second-order valence-electron chi connectivity index (χ2n) is 17.6. The monoisotopic (exact) mass is 882 g/mol. The molecule has 65 heavy (non-hydrogen) atoms. The summed E-state index contributed by atoms with van der Waals surface area (Å²) >= 11 is 0. The highest BCUT2D eigenvalue weighted by atomic mass is 16.5. The van der Waals surface area contributed by atoms with Crippen LogP contribution in [0.4, 0.5) is 9.59 Å². The lowest BCUT2D eigenvalue weighted by molar-refractivity contribution is -0.137. The predicted octanol–water partition coefficient (Wildman–Crippen LogP) is 7.73. The highest BCUT2D eigenvalue weighted by Crippen LogP contribution is 2.44. The van der Waals surface area contributed by atoms with Gasteiger partial charge in [-0.05, 0) is 84.0 Å². The molecule has 0 aliphatic carbocycles. The molecule has 3 aliphatic heterocycles. The second-order valence-corrected chi connectivity index (χ2v) is 17.6. The number of hydrogen-bond donors (Lipinski definition) is 4. The van der Waals surface area contributed by atoms with Crippen LogP contribution < -0.4 is 15.4 Å². The van der Waals surface area contributed by atoms with Crippen LogP contribution >= 0.6 is 0 Å². The number of alkyl carbamates (subject to hydrolysis) is 2. The molecule has 0 spiro atoms. The van der Waals surface area contributed by atoms with Crippen molar-refractivity contribution in [2.24, 2.45) is 11.8 Å². The summed E-state index contributed by atoms with van der Waals surface area (Å²) in [6, 6.07) is 21.3. The standard InChI is InChI=1S/C49H54N8O8/c1-26(2)41(54-48(60)63-5)47(59)57-27(3)12-17-38(57)45-51-36-16-14-30-20-35-33-15-13-31(19-32(33)25-65-40(35)21-34(30)43(36)53-45)37-22-50-44(52-37)39-18-28(24-62-4)23-56(39)46(58)42(55-49(61)64-6)29-10-8-7-9-11-29/h7-11,13-16,19-22,26-28,38-39,41-42H,12,17-18,23-25H2,1-6H3,(H,50,52)(H,51,53)(H,54,60)(H,55,61)/t27-,28-,38-,39?,41-,42-/m0/s1. The van der Waals surface area contributed by atoms with E-state index in [9.17, 15) is 19.2 Å². The minimum atomic E-state index is -0.948. The molecule has 9 rings (SSSR count). The Morgan fingerprint density at radius 3 is 2.40 bits per heavy atom. The van der Waals surface area contributed by atoms with E-state index in [2.05, 4.69) is 57.0 Å². The molecule has 6 atom stereocenters. The normalized spacial score (nSPS) is 20.0. The Kier molecular flexibility index (Phi) is 11.9. The molecule has 4 N–H and O–H groups in total. The number of H-pyrrole nitrogens is 2. The van der Waals surface area contributed by atoms with Crippen molar-refractivity contribution in [3.8, 4) is 28.1 Å². The fourth-order valence-electron chi connectivity index (χ4n) is 9.83. The van der Waals surface area contributed by atoms with E-state index in [-0.39, 0.29) is 41.8 Å². The molecule has 3 aliphatic rings. The Bertz CT molecular complexity index is 2770. The Labute approximate surface area is 376 Å². The largest absolute Gasteiger partial charge is 0.488 e. The van der Waals surface area contributed by atoms with Gasteiger partial charge in [0.15, 0.2) is 0 Å². The van der Waals surface area contributed by atoms with Crippen LogP contribution in [0.5, 0.6) is 5.75 Å². The molecular weight excluding hydrogens is 829 g/mol. The number of aromatic amines is 2. The van der Waals surface area contributed by atoms with Crippen molar-refractivity contribution in [1.29, 1.82) is 0 Å². The lowest BCUT2D eigenvalue weighted by atomic mass is 9.92. The van der Waals surface area contributed by atoms with Gasteiger partial charge in [-0.25, -0.2) is 19.6 Å². The summed E-state index contributed by atoms with van der Waals surface area (Å²) in [5, 5.41) is 7.42. The van der Waals surface area contributed by atoms with Crippen LogP contribution in [0.15, 0.2) is 79.0 Å². The van der Waals surface area contributed by atoms with E-state index in [1.54, 1.807) is 18.2 Å². The number of amides is 4. The van der Waals surface area contributed by atoms with Gasteiger partial charge in [-0.3, -0.25) is 9.59 Å². The molecule has 16 nitrogen and oxygen atoms in total. The van der Waals surface area contributed by atoms with Gasteiger partial charge >= 0.3 is 12.2 Å². The Morgan fingerprint density at radius 2 is 1.65 bits per heavy atom. The van der Waals surface area contributed by atoms with E-state index in [1.165, 1.54) is 14.2 Å². The number of carbonyl (C=O) groups is 4. The van der Waals surface area contributed by atoms with Crippen molar-refractivity contribution >= 4 is 45.8 Å². The highest BCUT2D eigenvalue weighted by molar-refractivity contribution is 6.07. The Hall–Kier alpha value is -6.94. The third-order valence-corrected chi connectivity index (χ3v) is 13.1. The molecule has 4 amide bonds. The van der Waals surface area contributed by atoms with E-state index in [0.717, 1.165) is 68.3 Å². The topological polar surface area (TPSA) is 193 Å². The van der Waals surface area contributed by atoms with Gasteiger partial charge < -0.3 is 49.3 Å². The molecule has 4 aromatic carbocycles. The molecule has 338 valence electrons. The number of hydrogen-bond acceptors (Lipinski definition) is 10. The second kappa shape index (κ2) is 17.9. The fraction of sp³-hybridized carbons (Fsp3) is 0.388. The number of nitrogens with one attached hydrogen (secondary N) is 4. The zero-order chi connectivity index (χ0) is 45.5. The fourth-order valence-corrected chi connectivity index (χ4v) is 9.83. The maximum atomic E-state index is 14.3. The van der Waals surface area contributed by atoms with Crippen LogP contribution in [0.1, 0.15) is 80.9 Å². The first-order chi connectivity index (χ1) is 31.5. The summed E-state index contributed by atoms with van der Waals surface area (Å²) in [5.74, 6) is 1.61. The van der Waals surface area contributed by atoms with Crippen molar-refractivity contribution in [1.82, 2.24) is 40.4 Å². The lowest BCUT2D eigenvalue weighted by Gasteiger charge is -2.32. The van der Waals surface area contributed by atoms with E-state index in [4.69, 9.17) is 28.9 Å². The molecule has 2 aromatic heterocycles. The molecule has 0 saturated carbocycles. The summed E-state index contributed by atoms with van der Waals surface area (Å²) in [4.78, 5) is 73.5. The minimum Gasteiger partial charge on any atom is -0.488 e. The Morgan fingerprint density at radius 1 is 0.862 bits per heavy atom. The van der Waals surface area contributed by atoms with Crippen molar-refractivity contribution in [3.05, 3.63) is 102 Å². The Balaban J connectivity index is 0.974. The SMILES string of the molecule is COC[C@H]1CC(c2ncc(-c3ccc4c(c3)COc3cc5c(ccc6[nH]c([C@@H]7CC[C@H](C)N7C(=O)[C@@H](NC(=O)OC)C(C)C)nc65)cc3-4)[nH]2)N(C(=O)[C@@H](NC(=O)OC)c2ccccc2)C1. The summed E-state index contributed by atoms with van der Waals surface area (Å²) in [5.41, 5.74) is 7.09. The van der Waals surface area contributed by atoms with Gasteiger partial charge in [0, 0.05) is 36.6 Å². The molecule has 5 heterocycles. The number of nitrogens with zero attached hydrogens (tertiary/aromatic N) is 4. The van der Waals surface area contributed by atoms with Crippen molar-refractivity contribution < 1.29 is 38.1 Å². The average Bonchev–Trinajstić information content (AvgIpc) is 4.15. The maximum Gasteiger partial charge on any atom is 0.407 e. The zero-order valence-corrected chi connectivity index (χ0v) is 37.3. The number of methoxy groups -OCH3 is 3. The van der Waals surface area contributed by atoms with Crippen molar-refractivity contribution in [2.45, 2.75) is 76.8 Å². The number of carbonyl (C=O) groups excluding carboxylic acids is 4. The summed E-state index contributed by atoms with van der Waals surface area (Å²) in [7, 11) is 4.22. The van der Waals surface area contributed by atoms with Gasteiger partial charge in [0.2, 0.25) is 5.91 Å². The molecule has 16 heteroatoms. The van der Waals surface area contributed by atoms with E-state index in [1.807, 2.05) is 62.1 Å². The molecular formula is C49H54N8O8. The molecule has 0 radical (unpaired) electrons. The van der Waals surface area contributed by atoms with Gasteiger partial charge in [0.25, 0.3) is 5.91 Å². The molecule has 6 aromatic rings. The highest BCUT2D eigenvalue weighted by Gasteiger charge is 2.43. The number of likely N-dealkylation sites (tertiary alicyclic amines) is 2. The van der Waals surface area contributed by atoms with Crippen LogP contribution in [-0.4, -0.2) is 100 Å². The maximum absolute atomic E-state index is 14.3. The zero-order valence-electron chi connectivity index (χ0n) is 37.3. The van der Waals surface area contributed by atoms with E-state index < -0.39 is 24.3 Å². The average molecular weight is 883 g/mol. The number of benzene rings is 4. The van der Waals surface area contributed by atoms with Crippen molar-refractivity contribution in [2.75, 3.05) is 34.5 Å². The van der Waals surface area contributed by atoms with Crippen LogP contribution in [-0.2, 0) is 30.4 Å². The van der Waals surface area contributed by atoms with Crippen molar-refractivity contribution in [3.63, 3.8) is 0 Å². The molecule has 0 bridgehead atoms. The number of fused-ring (bicyclic) bond motifs is 6. The van der Waals surface area contributed by atoms with E-state index in [0.29, 0.717) is 43.4 Å². The lowest BCUT2D eigenvalue weighted by Crippen LogP contribution is -2.52. The molecule has 2 fully saturated rings. The summed E-state index contributed by atoms with van der Waals surface area (Å²) in [6.45, 7) is 7.11. The van der Waals surface area contributed by atoms with E-state index >= 15 is 0 Å². The number of ether oxygens (including phenoxy) is 4. The smallest absolute Gasteiger partial charge is 0.407 e. The van der Waals surface area contributed by atoms with Crippen LogP contribution in [0.3, 0.4) is 0 Å². The number of imidazole rings is 2. The van der Waals surface area contributed by atoms with Crippen LogP contribution in [0.2, 0.25) is 0 Å². The molecule has 1 unspecified atom stereocenters. The first-order valence-electron chi connectivity index (χ1n) is 22.1. The third-order valence-electron chi connectivity index (χ3n) is 13.1. The first kappa shape index (κ1) is 43.3. The van der Waals surface area contributed by atoms with Gasteiger partial charge in [0.05, 0.1) is 55.8 Å². The third kappa shape index (κ3) is 8.22. The van der Waals surface area contributed by atoms with Gasteiger partial charge in [-0.1, -0.05) is 62.4 Å².